The minimum Gasteiger partial charge on any atom is -0.493 e. The first-order valence-electron chi connectivity index (χ1n) is 11.0. The second kappa shape index (κ2) is 9.49. The van der Waals surface area contributed by atoms with Gasteiger partial charge in [-0.25, -0.2) is 0 Å². The zero-order valence-corrected chi connectivity index (χ0v) is 18.2. The van der Waals surface area contributed by atoms with E-state index in [2.05, 4.69) is 10.1 Å². The van der Waals surface area contributed by atoms with Crippen molar-refractivity contribution < 1.29 is 18.8 Å². The SMILES string of the molecule is CC(=O)N1CCC(CC(=O)N2CC(c3nc(CCOc4cccc(C)c4)no3)C2)CC1. The molecule has 0 radical (unpaired) electrons. The number of hydrogen-bond acceptors (Lipinski definition) is 6. The second-order valence-corrected chi connectivity index (χ2v) is 8.61. The van der Waals surface area contributed by atoms with E-state index < -0.39 is 0 Å². The van der Waals surface area contributed by atoms with Gasteiger partial charge in [0.25, 0.3) is 0 Å². The van der Waals surface area contributed by atoms with Gasteiger partial charge in [0.1, 0.15) is 5.75 Å². The summed E-state index contributed by atoms with van der Waals surface area (Å²) in [6.45, 7) is 6.90. The summed E-state index contributed by atoms with van der Waals surface area (Å²) in [4.78, 5) is 32.2. The number of aromatic nitrogens is 2. The number of nitrogens with zero attached hydrogens (tertiary/aromatic N) is 4. The lowest BCUT2D eigenvalue weighted by Gasteiger charge is -2.39. The molecule has 3 heterocycles. The topological polar surface area (TPSA) is 88.8 Å². The maximum atomic E-state index is 12.6. The lowest BCUT2D eigenvalue weighted by Crippen LogP contribution is -2.49. The molecule has 0 aliphatic carbocycles. The van der Waals surface area contributed by atoms with Crippen molar-refractivity contribution in [2.45, 2.75) is 45.4 Å². The van der Waals surface area contributed by atoms with Crippen molar-refractivity contribution in [3.8, 4) is 5.75 Å². The van der Waals surface area contributed by atoms with E-state index in [9.17, 15) is 9.59 Å². The van der Waals surface area contributed by atoms with Crippen LogP contribution < -0.4 is 4.74 Å². The maximum Gasteiger partial charge on any atom is 0.233 e. The van der Waals surface area contributed by atoms with Gasteiger partial charge in [-0.3, -0.25) is 9.59 Å². The monoisotopic (exact) mass is 426 g/mol. The molecule has 0 spiro atoms. The molecule has 1 aromatic carbocycles. The Labute approximate surface area is 182 Å². The van der Waals surface area contributed by atoms with Crippen LogP contribution in [0.5, 0.6) is 5.75 Å². The summed E-state index contributed by atoms with van der Waals surface area (Å²) in [5, 5.41) is 4.05. The lowest BCUT2D eigenvalue weighted by molar-refractivity contribution is -0.137. The van der Waals surface area contributed by atoms with Gasteiger partial charge in [0.15, 0.2) is 5.82 Å². The minimum absolute atomic E-state index is 0.113. The molecule has 2 aliphatic rings. The molecule has 31 heavy (non-hydrogen) atoms. The Balaban J connectivity index is 1.17. The molecular weight excluding hydrogens is 396 g/mol. The Kier molecular flexibility index (Phi) is 6.53. The average Bonchev–Trinajstić information content (AvgIpc) is 3.15. The number of benzene rings is 1. The van der Waals surface area contributed by atoms with E-state index in [4.69, 9.17) is 9.26 Å². The van der Waals surface area contributed by atoms with E-state index in [1.807, 2.05) is 41.0 Å². The maximum absolute atomic E-state index is 12.6. The van der Waals surface area contributed by atoms with Crippen LogP contribution >= 0.6 is 0 Å². The Bertz CT molecular complexity index is 914. The van der Waals surface area contributed by atoms with Crippen LogP contribution in [0.1, 0.15) is 49.4 Å². The summed E-state index contributed by atoms with van der Waals surface area (Å²) < 4.78 is 11.2. The van der Waals surface area contributed by atoms with E-state index in [1.165, 1.54) is 0 Å². The number of rotatable bonds is 7. The lowest BCUT2D eigenvalue weighted by atomic mass is 9.91. The first kappa shape index (κ1) is 21.3. The Morgan fingerprint density at radius 3 is 2.68 bits per heavy atom. The third kappa shape index (κ3) is 5.42. The molecule has 0 atom stereocenters. The van der Waals surface area contributed by atoms with Crippen LogP contribution in [0.3, 0.4) is 0 Å². The molecule has 2 saturated heterocycles. The molecule has 2 aromatic rings. The molecule has 2 amide bonds. The smallest absolute Gasteiger partial charge is 0.233 e. The fraction of sp³-hybridized carbons (Fsp3) is 0.565. The molecular formula is C23H30N4O4. The number of amides is 2. The number of ether oxygens (including phenoxy) is 1. The standard InChI is InChI=1S/C23H30N4O4/c1-16-4-3-5-20(12-16)30-11-8-21-24-23(31-25-21)19-14-27(15-19)22(29)13-18-6-9-26(10-7-18)17(2)28/h3-5,12,18-19H,6-11,13-15H2,1-2H3. The molecule has 0 saturated carbocycles. The van der Waals surface area contributed by atoms with Crippen LogP contribution in [0.2, 0.25) is 0 Å². The summed E-state index contributed by atoms with van der Waals surface area (Å²) in [5.74, 6) is 2.85. The fourth-order valence-corrected chi connectivity index (χ4v) is 4.17. The van der Waals surface area contributed by atoms with E-state index >= 15 is 0 Å². The van der Waals surface area contributed by atoms with Crippen molar-refractivity contribution >= 4 is 11.8 Å². The molecule has 8 heteroatoms. The van der Waals surface area contributed by atoms with Gasteiger partial charge in [-0.1, -0.05) is 17.3 Å². The van der Waals surface area contributed by atoms with Crippen molar-refractivity contribution in [3.05, 3.63) is 41.5 Å². The van der Waals surface area contributed by atoms with Crippen LogP contribution in [-0.4, -0.2) is 64.5 Å². The van der Waals surface area contributed by atoms with Gasteiger partial charge in [0.05, 0.1) is 12.5 Å². The highest BCUT2D eigenvalue weighted by Crippen LogP contribution is 2.29. The predicted molar refractivity (Wildman–Crippen MR) is 114 cm³/mol. The molecule has 166 valence electrons. The van der Waals surface area contributed by atoms with Crippen molar-refractivity contribution in [1.29, 1.82) is 0 Å². The van der Waals surface area contributed by atoms with Crippen molar-refractivity contribution in [2.24, 2.45) is 5.92 Å². The van der Waals surface area contributed by atoms with Crippen molar-refractivity contribution in [3.63, 3.8) is 0 Å². The normalized spacial score (nSPS) is 17.5. The molecule has 8 nitrogen and oxygen atoms in total. The molecule has 1 aromatic heterocycles. The van der Waals surface area contributed by atoms with Gasteiger partial charge in [0, 0.05) is 45.9 Å². The Morgan fingerprint density at radius 2 is 1.97 bits per heavy atom. The van der Waals surface area contributed by atoms with Crippen LogP contribution in [0.15, 0.2) is 28.8 Å². The first-order chi connectivity index (χ1) is 15.0. The summed E-state index contributed by atoms with van der Waals surface area (Å²) >= 11 is 0. The van der Waals surface area contributed by atoms with Crippen LogP contribution in [0.4, 0.5) is 0 Å². The highest BCUT2D eigenvalue weighted by molar-refractivity contribution is 5.77. The van der Waals surface area contributed by atoms with E-state index in [-0.39, 0.29) is 17.7 Å². The summed E-state index contributed by atoms with van der Waals surface area (Å²) in [6.07, 6.45) is 2.94. The Morgan fingerprint density at radius 1 is 1.19 bits per heavy atom. The van der Waals surface area contributed by atoms with Crippen molar-refractivity contribution in [2.75, 3.05) is 32.8 Å². The minimum atomic E-state index is 0.113. The summed E-state index contributed by atoms with van der Waals surface area (Å²) in [5.41, 5.74) is 1.16. The highest BCUT2D eigenvalue weighted by Gasteiger charge is 2.36. The summed E-state index contributed by atoms with van der Waals surface area (Å²) in [6, 6.07) is 7.92. The molecule has 0 N–H and O–H groups in total. The number of hydrogen-bond donors (Lipinski definition) is 0. The molecule has 0 bridgehead atoms. The third-order valence-electron chi connectivity index (χ3n) is 6.17. The number of likely N-dealkylation sites (tertiary alicyclic amines) is 2. The fourth-order valence-electron chi connectivity index (χ4n) is 4.17. The van der Waals surface area contributed by atoms with Gasteiger partial charge in [-0.2, -0.15) is 4.98 Å². The molecule has 4 rings (SSSR count). The molecule has 2 aliphatic heterocycles. The Hall–Kier alpha value is -2.90. The summed E-state index contributed by atoms with van der Waals surface area (Å²) in [7, 11) is 0. The number of carbonyl (C=O) groups is 2. The number of carbonyl (C=O) groups excluding carboxylic acids is 2. The zero-order valence-electron chi connectivity index (χ0n) is 18.2. The van der Waals surface area contributed by atoms with Gasteiger partial charge in [0.2, 0.25) is 17.7 Å². The van der Waals surface area contributed by atoms with Gasteiger partial charge < -0.3 is 19.1 Å². The first-order valence-corrected chi connectivity index (χ1v) is 11.0. The highest BCUT2D eigenvalue weighted by atomic mass is 16.5. The second-order valence-electron chi connectivity index (χ2n) is 8.61. The van der Waals surface area contributed by atoms with Crippen LogP contribution in [-0.2, 0) is 16.0 Å². The van der Waals surface area contributed by atoms with Crippen LogP contribution in [0.25, 0.3) is 0 Å². The predicted octanol–water partition coefficient (Wildman–Crippen LogP) is 2.57. The molecule has 0 unspecified atom stereocenters. The zero-order chi connectivity index (χ0) is 21.8. The van der Waals surface area contributed by atoms with E-state index in [0.29, 0.717) is 50.2 Å². The van der Waals surface area contributed by atoms with E-state index in [0.717, 1.165) is 37.2 Å². The van der Waals surface area contributed by atoms with Crippen molar-refractivity contribution in [1.82, 2.24) is 19.9 Å². The average molecular weight is 427 g/mol. The van der Waals surface area contributed by atoms with Gasteiger partial charge in [-0.15, -0.1) is 0 Å². The van der Waals surface area contributed by atoms with E-state index in [1.54, 1.807) is 6.92 Å². The number of piperidine rings is 1. The van der Waals surface area contributed by atoms with Crippen LogP contribution in [0, 0.1) is 12.8 Å². The quantitative estimate of drug-likeness (QED) is 0.676. The largest absolute Gasteiger partial charge is 0.493 e. The molecule has 2 fully saturated rings. The van der Waals surface area contributed by atoms with Gasteiger partial charge >= 0.3 is 0 Å². The number of aryl methyl sites for hydroxylation is 1. The van der Waals surface area contributed by atoms with Gasteiger partial charge in [-0.05, 0) is 43.4 Å². The third-order valence-corrected chi connectivity index (χ3v) is 6.17.